The molecule has 2 unspecified atom stereocenters. The van der Waals surface area contributed by atoms with Gasteiger partial charge >= 0.3 is 5.97 Å². The zero-order valence-electron chi connectivity index (χ0n) is 13.6. The fourth-order valence-corrected chi connectivity index (χ4v) is 3.21. The molecule has 3 rings (SSSR count). The summed E-state index contributed by atoms with van der Waals surface area (Å²) >= 11 is 0. The third-order valence-electron chi connectivity index (χ3n) is 4.45. The molecule has 24 heavy (non-hydrogen) atoms. The van der Waals surface area contributed by atoms with E-state index in [1.165, 1.54) is 0 Å². The largest absolute Gasteiger partial charge is 0.494 e. The third kappa shape index (κ3) is 3.75. The number of hydrogen-bond donors (Lipinski definition) is 1. The summed E-state index contributed by atoms with van der Waals surface area (Å²) in [5.74, 6) is 0.0257. The fourth-order valence-electron chi connectivity index (χ4n) is 3.21. The summed E-state index contributed by atoms with van der Waals surface area (Å²) in [7, 11) is 0. The van der Waals surface area contributed by atoms with Crippen LogP contribution in [0.25, 0.3) is 0 Å². The Hall–Kier alpha value is -1.95. The minimum Gasteiger partial charge on any atom is -0.494 e. The first kappa shape index (κ1) is 18.4. The number of benzene rings is 1. The maximum absolute atomic E-state index is 12.6. The van der Waals surface area contributed by atoms with Gasteiger partial charge in [-0.15, -0.1) is 12.4 Å². The minimum atomic E-state index is -0.827. The second-order valence-electron chi connectivity index (χ2n) is 6.02. The number of amides is 1. The number of carbonyl (C=O) groups is 2. The van der Waals surface area contributed by atoms with Crippen LogP contribution in [-0.2, 0) is 16.0 Å². The van der Waals surface area contributed by atoms with Crippen LogP contribution in [0.5, 0.6) is 11.5 Å². The minimum absolute atomic E-state index is 0. The lowest BCUT2D eigenvalue weighted by molar-refractivity contribution is -0.141. The van der Waals surface area contributed by atoms with E-state index in [2.05, 4.69) is 0 Å². The summed E-state index contributed by atoms with van der Waals surface area (Å²) in [6, 6.07) is 5.65. The SMILES string of the molecule is CCOc1ccc2c(c1)CC(C(=O)N1CCC(C(=O)O)C1)CO2.Cl. The van der Waals surface area contributed by atoms with Gasteiger partial charge in [0.2, 0.25) is 5.91 Å². The van der Waals surface area contributed by atoms with E-state index in [4.69, 9.17) is 14.6 Å². The zero-order chi connectivity index (χ0) is 16.4. The number of aliphatic carboxylic acids is 1. The van der Waals surface area contributed by atoms with E-state index in [0.717, 1.165) is 17.1 Å². The van der Waals surface area contributed by atoms with E-state index in [1.807, 2.05) is 25.1 Å². The van der Waals surface area contributed by atoms with Crippen molar-refractivity contribution >= 4 is 24.3 Å². The quantitative estimate of drug-likeness (QED) is 0.893. The number of halogens is 1. The van der Waals surface area contributed by atoms with Gasteiger partial charge in [0.1, 0.15) is 18.1 Å². The second-order valence-corrected chi connectivity index (χ2v) is 6.02. The Morgan fingerprint density at radius 1 is 1.38 bits per heavy atom. The van der Waals surface area contributed by atoms with E-state index >= 15 is 0 Å². The molecule has 1 saturated heterocycles. The van der Waals surface area contributed by atoms with Gasteiger partial charge in [0, 0.05) is 13.1 Å². The van der Waals surface area contributed by atoms with Crippen molar-refractivity contribution in [3.63, 3.8) is 0 Å². The molecule has 1 amide bonds. The van der Waals surface area contributed by atoms with Gasteiger partial charge in [-0.2, -0.15) is 0 Å². The molecular weight excluding hydrogens is 334 g/mol. The Bertz CT molecular complexity index is 621. The van der Waals surface area contributed by atoms with Crippen molar-refractivity contribution in [3.8, 4) is 11.5 Å². The number of hydrogen-bond acceptors (Lipinski definition) is 4. The number of rotatable bonds is 4. The summed E-state index contributed by atoms with van der Waals surface area (Å²) in [5, 5.41) is 9.06. The summed E-state index contributed by atoms with van der Waals surface area (Å²) in [6.45, 7) is 3.67. The molecule has 0 bridgehead atoms. The maximum atomic E-state index is 12.6. The van der Waals surface area contributed by atoms with Gasteiger partial charge in [0.15, 0.2) is 0 Å². The standard InChI is InChI=1S/C17H21NO5.ClH/c1-2-22-14-3-4-15-12(8-14)7-13(10-23-15)16(19)18-6-5-11(9-18)17(20)21;/h3-4,8,11,13H,2,5-7,9-10H2,1H3,(H,20,21);1H. The second kappa shape index (κ2) is 7.75. The van der Waals surface area contributed by atoms with Crippen molar-refractivity contribution in [1.82, 2.24) is 4.90 Å². The molecule has 0 spiro atoms. The molecule has 2 aliphatic rings. The van der Waals surface area contributed by atoms with Crippen LogP contribution >= 0.6 is 12.4 Å². The summed E-state index contributed by atoms with van der Waals surface area (Å²) in [6.07, 6.45) is 1.13. The predicted octanol–water partition coefficient (Wildman–Crippen LogP) is 1.99. The lowest BCUT2D eigenvalue weighted by atomic mass is 9.95. The van der Waals surface area contributed by atoms with Crippen molar-refractivity contribution in [3.05, 3.63) is 23.8 Å². The van der Waals surface area contributed by atoms with Crippen molar-refractivity contribution < 1.29 is 24.2 Å². The molecule has 0 radical (unpaired) electrons. The van der Waals surface area contributed by atoms with Crippen molar-refractivity contribution in [2.75, 3.05) is 26.3 Å². The van der Waals surface area contributed by atoms with E-state index in [9.17, 15) is 9.59 Å². The van der Waals surface area contributed by atoms with Crippen LogP contribution in [0.2, 0.25) is 0 Å². The van der Waals surface area contributed by atoms with Gasteiger partial charge < -0.3 is 19.5 Å². The van der Waals surface area contributed by atoms with Crippen molar-refractivity contribution in [2.45, 2.75) is 19.8 Å². The van der Waals surface area contributed by atoms with Crippen LogP contribution in [0.15, 0.2) is 18.2 Å². The molecule has 2 atom stereocenters. The first-order valence-electron chi connectivity index (χ1n) is 7.98. The summed E-state index contributed by atoms with van der Waals surface area (Å²) in [5.41, 5.74) is 0.967. The van der Waals surface area contributed by atoms with E-state index < -0.39 is 11.9 Å². The maximum Gasteiger partial charge on any atom is 0.308 e. The molecular formula is C17H22ClNO5. The third-order valence-corrected chi connectivity index (χ3v) is 4.45. The number of carboxylic acid groups (broad SMARTS) is 1. The number of carbonyl (C=O) groups excluding carboxylic acids is 1. The van der Waals surface area contributed by atoms with Gasteiger partial charge in [0.25, 0.3) is 0 Å². The highest BCUT2D eigenvalue weighted by atomic mass is 35.5. The van der Waals surface area contributed by atoms with Gasteiger partial charge in [-0.25, -0.2) is 0 Å². The van der Waals surface area contributed by atoms with Gasteiger partial charge in [-0.3, -0.25) is 9.59 Å². The Kier molecular flexibility index (Phi) is 5.94. The van der Waals surface area contributed by atoms with Gasteiger partial charge in [0.05, 0.1) is 18.4 Å². The molecule has 1 aromatic rings. The van der Waals surface area contributed by atoms with Gasteiger partial charge in [-0.05, 0) is 43.5 Å². The Morgan fingerprint density at radius 3 is 2.83 bits per heavy atom. The molecule has 1 N–H and O–H groups in total. The smallest absolute Gasteiger partial charge is 0.308 e. The van der Waals surface area contributed by atoms with E-state index in [0.29, 0.717) is 39.1 Å². The number of fused-ring (bicyclic) bond motifs is 1. The molecule has 7 heteroatoms. The van der Waals surface area contributed by atoms with E-state index in [1.54, 1.807) is 4.90 Å². The topological polar surface area (TPSA) is 76.1 Å². The monoisotopic (exact) mass is 355 g/mol. The Labute approximate surface area is 147 Å². The highest BCUT2D eigenvalue weighted by Crippen LogP contribution is 2.32. The molecule has 2 aliphatic heterocycles. The van der Waals surface area contributed by atoms with Gasteiger partial charge in [-0.1, -0.05) is 0 Å². The van der Waals surface area contributed by atoms with Crippen molar-refractivity contribution in [1.29, 1.82) is 0 Å². The van der Waals surface area contributed by atoms with Crippen molar-refractivity contribution in [2.24, 2.45) is 11.8 Å². The zero-order valence-corrected chi connectivity index (χ0v) is 14.4. The molecule has 132 valence electrons. The van der Waals surface area contributed by atoms with Crippen LogP contribution < -0.4 is 9.47 Å². The van der Waals surface area contributed by atoms with Crippen LogP contribution in [0.3, 0.4) is 0 Å². The average molecular weight is 356 g/mol. The Balaban J connectivity index is 0.00000208. The molecule has 0 saturated carbocycles. The normalized spacial score (nSPS) is 22.1. The highest BCUT2D eigenvalue weighted by molar-refractivity contribution is 5.85. The van der Waals surface area contributed by atoms with Crippen LogP contribution in [0.4, 0.5) is 0 Å². The molecule has 1 aromatic carbocycles. The number of likely N-dealkylation sites (tertiary alicyclic amines) is 1. The molecule has 6 nitrogen and oxygen atoms in total. The van der Waals surface area contributed by atoms with E-state index in [-0.39, 0.29) is 24.2 Å². The van der Waals surface area contributed by atoms with Crippen LogP contribution in [0, 0.1) is 11.8 Å². The number of ether oxygens (including phenoxy) is 2. The molecule has 0 aliphatic carbocycles. The van der Waals surface area contributed by atoms with Crippen LogP contribution in [-0.4, -0.2) is 48.2 Å². The molecule has 0 aromatic heterocycles. The number of nitrogens with zero attached hydrogens (tertiary/aromatic N) is 1. The molecule has 2 heterocycles. The molecule has 1 fully saturated rings. The predicted molar refractivity (Wildman–Crippen MR) is 89.9 cm³/mol. The number of carboxylic acids is 1. The fraction of sp³-hybridized carbons (Fsp3) is 0.529. The Morgan fingerprint density at radius 2 is 2.17 bits per heavy atom. The summed E-state index contributed by atoms with van der Waals surface area (Å²) < 4.78 is 11.2. The summed E-state index contributed by atoms with van der Waals surface area (Å²) in [4.78, 5) is 25.3. The van der Waals surface area contributed by atoms with Crippen LogP contribution in [0.1, 0.15) is 18.9 Å². The lowest BCUT2D eigenvalue weighted by Crippen LogP contribution is -2.40. The first-order chi connectivity index (χ1) is 11.1. The highest BCUT2D eigenvalue weighted by Gasteiger charge is 2.35. The first-order valence-corrected chi connectivity index (χ1v) is 7.98. The lowest BCUT2D eigenvalue weighted by Gasteiger charge is -2.28. The average Bonchev–Trinajstić information content (AvgIpc) is 3.04.